The van der Waals surface area contributed by atoms with E-state index in [1.165, 1.54) is 83.6 Å². The monoisotopic (exact) mass is 368 g/mol. The normalized spacial score (nSPS) is 13.7. The molecule has 0 heterocycles. The molecule has 158 valence electrons. The fourth-order valence-corrected chi connectivity index (χ4v) is 3.76. The Balaban J connectivity index is 4.08. The molecular formula is C24H52N2. The van der Waals surface area contributed by atoms with Gasteiger partial charge >= 0.3 is 0 Å². The Morgan fingerprint density at radius 2 is 1.23 bits per heavy atom. The lowest BCUT2D eigenvalue weighted by atomic mass is 9.73. The standard InChI is InChI=1S/C24H52N2/c1-7-22(8-2)20-26-23(24(5,6)21(3)4)18-16-14-12-10-9-11-13-15-17-19-25/h21-23,26H,7-20,25H2,1-6H3. The lowest BCUT2D eigenvalue weighted by Crippen LogP contribution is -2.46. The minimum absolute atomic E-state index is 0.370. The Morgan fingerprint density at radius 3 is 1.65 bits per heavy atom. The summed E-state index contributed by atoms with van der Waals surface area (Å²) < 4.78 is 0. The van der Waals surface area contributed by atoms with Crippen molar-refractivity contribution in [3.05, 3.63) is 0 Å². The molecule has 0 aromatic carbocycles. The van der Waals surface area contributed by atoms with Crippen LogP contribution in [0.15, 0.2) is 0 Å². The molecule has 0 bridgehead atoms. The summed E-state index contributed by atoms with van der Waals surface area (Å²) in [5.74, 6) is 1.55. The Morgan fingerprint density at radius 1 is 0.769 bits per heavy atom. The molecular weight excluding hydrogens is 316 g/mol. The van der Waals surface area contributed by atoms with Crippen molar-refractivity contribution < 1.29 is 0 Å². The van der Waals surface area contributed by atoms with Crippen LogP contribution in [0.3, 0.4) is 0 Å². The van der Waals surface area contributed by atoms with Gasteiger partial charge in [-0.05, 0) is 43.2 Å². The summed E-state index contributed by atoms with van der Waals surface area (Å²) in [5, 5.41) is 3.96. The third-order valence-corrected chi connectivity index (χ3v) is 6.89. The van der Waals surface area contributed by atoms with Crippen molar-refractivity contribution >= 4 is 0 Å². The van der Waals surface area contributed by atoms with Gasteiger partial charge in [-0.2, -0.15) is 0 Å². The molecule has 0 rings (SSSR count). The summed E-state index contributed by atoms with van der Waals surface area (Å²) in [7, 11) is 0. The van der Waals surface area contributed by atoms with Crippen molar-refractivity contribution in [1.82, 2.24) is 5.32 Å². The highest BCUT2D eigenvalue weighted by Crippen LogP contribution is 2.33. The van der Waals surface area contributed by atoms with E-state index in [2.05, 4.69) is 46.9 Å². The predicted octanol–water partition coefficient (Wildman–Crippen LogP) is 6.92. The summed E-state index contributed by atoms with van der Waals surface area (Å²) in [4.78, 5) is 0. The SMILES string of the molecule is CCC(CC)CNC(CCCCCCCCCCCN)C(C)(C)C(C)C. The molecule has 0 aliphatic heterocycles. The number of unbranched alkanes of at least 4 members (excludes halogenated alkanes) is 8. The first-order valence-corrected chi connectivity index (χ1v) is 11.8. The van der Waals surface area contributed by atoms with Gasteiger partial charge in [0.2, 0.25) is 0 Å². The largest absolute Gasteiger partial charge is 0.330 e. The van der Waals surface area contributed by atoms with Gasteiger partial charge in [-0.1, -0.05) is 106 Å². The molecule has 0 spiro atoms. The maximum Gasteiger partial charge on any atom is 0.0121 e. The molecule has 0 aromatic heterocycles. The molecule has 1 unspecified atom stereocenters. The van der Waals surface area contributed by atoms with Gasteiger partial charge < -0.3 is 11.1 Å². The molecule has 0 amide bonds. The zero-order valence-electron chi connectivity index (χ0n) is 19.2. The van der Waals surface area contributed by atoms with E-state index in [0.29, 0.717) is 11.5 Å². The van der Waals surface area contributed by atoms with Crippen LogP contribution in [0.5, 0.6) is 0 Å². The quantitative estimate of drug-likeness (QED) is 0.258. The van der Waals surface area contributed by atoms with E-state index < -0.39 is 0 Å². The van der Waals surface area contributed by atoms with Gasteiger partial charge in [0, 0.05) is 6.04 Å². The minimum Gasteiger partial charge on any atom is -0.330 e. The molecule has 1 atom stereocenters. The molecule has 2 nitrogen and oxygen atoms in total. The molecule has 0 fully saturated rings. The van der Waals surface area contributed by atoms with Gasteiger partial charge in [0.05, 0.1) is 0 Å². The molecule has 0 aliphatic rings. The van der Waals surface area contributed by atoms with Crippen LogP contribution in [0.2, 0.25) is 0 Å². The first-order chi connectivity index (χ1) is 12.4. The van der Waals surface area contributed by atoms with Crippen LogP contribution >= 0.6 is 0 Å². The second-order valence-electron chi connectivity index (χ2n) is 9.38. The maximum atomic E-state index is 5.55. The van der Waals surface area contributed by atoms with E-state index in [4.69, 9.17) is 5.73 Å². The maximum absolute atomic E-state index is 5.55. The number of hydrogen-bond acceptors (Lipinski definition) is 2. The van der Waals surface area contributed by atoms with Crippen LogP contribution < -0.4 is 11.1 Å². The van der Waals surface area contributed by atoms with E-state index in [9.17, 15) is 0 Å². The van der Waals surface area contributed by atoms with Crippen molar-refractivity contribution in [2.24, 2.45) is 23.0 Å². The summed E-state index contributed by atoms with van der Waals surface area (Å²) in [5.41, 5.74) is 5.92. The average Bonchev–Trinajstić information content (AvgIpc) is 2.61. The highest BCUT2D eigenvalue weighted by Gasteiger charge is 2.32. The second kappa shape index (κ2) is 15.9. The lowest BCUT2D eigenvalue weighted by molar-refractivity contribution is 0.148. The van der Waals surface area contributed by atoms with Crippen molar-refractivity contribution in [1.29, 1.82) is 0 Å². The fraction of sp³-hybridized carbons (Fsp3) is 1.00. The van der Waals surface area contributed by atoms with Crippen molar-refractivity contribution in [3.8, 4) is 0 Å². The molecule has 0 radical (unpaired) electrons. The Labute approximate surface area is 166 Å². The summed E-state index contributed by atoms with van der Waals surface area (Å²) >= 11 is 0. The van der Waals surface area contributed by atoms with E-state index in [1.807, 2.05) is 0 Å². The highest BCUT2D eigenvalue weighted by atomic mass is 14.9. The fourth-order valence-electron chi connectivity index (χ4n) is 3.76. The van der Waals surface area contributed by atoms with Crippen LogP contribution in [-0.2, 0) is 0 Å². The van der Waals surface area contributed by atoms with Crippen LogP contribution in [0.4, 0.5) is 0 Å². The van der Waals surface area contributed by atoms with Crippen molar-refractivity contribution in [2.75, 3.05) is 13.1 Å². The van der Waals surface area contributed by atoms with Gasteiger partial charge in [-0.15, -0.1) is 0 Å². The topological polar surface area (TPSA) is 38.0 Å². The van der Waals surface area contributed by atoms with E-state index in [-0.39, 0.29) is 0 Å². The van der Waals surface area contributed by atoms with E-state index >= 15 is 0 Å². The van der Waals surface area contributed by atoms with Crippen molar-refractivity contribution in [2.45, 2.75) is 125 Å². The van der Waals surface area contributed by atoms with Crippen LogP contribution in [-0.4, -0.2) is 19.1 Å². The van der Waals surface area contributed by atoms with E-state index in [1.54, 1.807) is 0 Å². The minimum atomic E-state index is 0.370. The molecule has 0 saturated carbocycles. The van der Waals surface area contributed by atoms with Crippen LogP contribution in [0, 0.1) is 17.3 Å². The van der Waals surface area contributed by atoms with Gasteiger partial charge in [0.25, 0.3) is 0 Å². The number of rotatable bonds is 18. The molecule has 0 saturated heterocycles. The van der Waals surface area contributed by atoms with Gasteiger partial charge in [-0.25, -0.2) is 0 Å². The summed E-state index contributed by atoms with van der Waals surface area (Å²) in [6, 6.07) is 0.652. The zero-order valence-corrected chi connectivity index (χ0v) is 19.2. The number of hydrogen-bond donors (Lipinski definition) is 2. The predicted molar refractivity (Wildman–Crippen MR) is 120 cm³/mol. The van der Waals surface area contributed by atoms with Gasteiger partial charge in [0.15, 0.2) is 0 Å². The number of nitrogens with two attached hydrogens (primary N) is 1. The third kappa shape index (κ3) is 11.6. The molecule has 26 heavy (non-hydrogen) atoms. The van der Waals surface area contributed by atoms with Gasteiger partial charge in [0.1, 0.15) is 0 Å². The Kier molecular flexibility index (Phi) is 15.9. The van der Waals surface area contributed by atoms with Crippen molar-refractivity contribution in [3.63, 3.8) is 0 Å². The first kappa shape index (κ1) is 25.9. The smallest absolute Gasteiger partial charge is 0.0121 e. The first-order valence-electron chi connectivity index (χ1n) is 11.8. The Hall–Kier alpha value is -0.0800. The molecule has 3 N–H and O–H groups in total. The van der Waals surface area contributed by atoms with Crippen LogP contribution in [0.1, 0.15) is 119 Å². The molecule has 0 aliphatic carbocycles. The summed E-state index contributed by atoms with van der Waals surface area (Å²) in [6.07, 6.45) is 16.3. The second-order valence-corrected chi connectivity index (χ2v) is 9.38. The Bertz CT molecular complexity index is 295. The zero-order chi connectivity index (χ0) is 19.8. The van der Waals surface area contributed by atoms with Crippen LogP contribution in [0.25, 0.3) is 0 Å². The molecule has 2 heteroatoms. The highest BCUT2D eigenvalue weighted by molar-refractivity contribution is 4.87. The lowest BCUT2D eigenvalue weighted by Gasteiger charge is -2.39. The number of nitrogens with one attached hydrogen (secondary N) is 1. The average molecular weight is 369 g/mol. The van der Waals surface area contributed by atoms with Gasteiger partial charge in [-0.3, -0.25) is 0 Å². The summed E-state index contributed by atoms with van der Waals surface area (Å²) in [6.45, 7) is 16.4. The third-order valence-electron chi connectivity index (χ3n) is 6.89. The van der Waals surface area contributed by atoms with E-state index in [0.717, 1.165) is 18.4 Å². The molecule has 0 aromatic rings.